The summed E-state index contributed by atoms with van der Waals surface area (Å²) in [6.45, 7) is 4.10. The van der Waals surface area contributed by atoms with E-state index in [-0.39, 0.29) is 11.7 Å². The van der Waals surface area contributed by atoms with Gasteiger partial charge in [0, 0.05) is 17.0 Å². The number of carbonyl (C=O) groups is 1. The molecule has 1 aromatic heterocycles. The molecule has 0 atom stereocenters. The van der Waals surface area contributed by atoms with Crippen LogP contribution in [0, 0.1) is 6.92 Å². The Bertz CT molecular complexity index is 784. The van der Waals surface area contributed by atoms with Gasteiger partial charge in [-0.15, -0.1) is 0 Å². The maximum atomic E-state index is 12.0. The van der Waals surface area contributed by atoms with Crippen LogP contribution in [0.25, 0.3) is 0 Å². The van der Waals surface area contributed by atoms with E-state index in [2.05, 4.69) is 27.4 Å². The lowest BCUT2D eigenvalue weighted by molar-refractivity contribution is -0.118. The number of thioether (sulfide) groups is 2. The Hall–Kier alpha value is -2.06. The van der Waals surface area contributed by atoms with Crippen LogP contribution in [0.5, 0.6) is 5.75 Å². The van der Waals surface area contributed by atoms with E-state index in [0.29, 0.717) is 5.75 Å². The Morgan fingerprint density at radius 3 is 2.89 bits per heavy atom. The van der Waals surface area contributed by atoms with E-state index in [1.807, 2.05) is 37.3 Å². The smallest absolute Gasteiger partial charge is 0.250 e. The van der Waals surface area contributed by atoms with Gasteiger partial charge in [0.15, 0.2) is 5.16 Å². The summed E-state index contributed by atoms with van der Waals surface area (Å²) in [5.74, 6) is 1.75. The SMILES string of the molecule is CCCCSc1nc(C)cc(SCC(=O)NN=Cc2ccccc2OC)n1. The van der Waals surface area contributed by atoms with Crippen LogP contribution in [-0.4, -0.2) is 40.7 Å². The number of benzene rings is 1. The zero-order valence-corrected chi connectivity index (χ0v) is 17.4. The van der Waals surface area contributed by atoms with E-state index < -0.39 is 0 Å². The Morgan fingerprint density at radius 2 is 2.11 bits per heavy atom. The molecule has 1 amide bonds. The van der Waals surface area contributed by atoms with Gasteiger partial charge in [0.1, 0.15) is 10.8 Å². The van der Waals surface area contributed by atoms with Gasteiger partial charge < -0.3 is 4.74 Å². The summed E-state index contributed by atoms with van der Waals surface area (Å²) >= 11 is 3.03. The molecule has 27 heavy (non-hydrogen) atoms. The van der Waals surface area contributed by atoms with E-state index in [1.54, 1.807) is 25.1 Å². The second kappa shape index (κ2) is 11.6. The number of rotatable bonds is 10. The fourth-order valence-electron chi connectivity index (χ4n) is 2.08. The van der Waals surface area contributed by atoms with Gasteiger partial charge in [0.2, 0.25) is 5.91 Å². The molecule has 0 bridgehead atoms. The first kappa shape index (κ1) is 21.2. The lowest BCUT2D eigenvalue weighted by atomic mass is 10.2. The monoisotopic (exact) mass is 404 g/mol. The number of ether oxygens (including phenoxy) is 1. The van der Waals surface area contributed by atoms with Crippen molar-refractivity contribution in [2.75, 3.05) is 18.6 Å². The molecular formula is C19H24N4O2S2. The average molecular weight is 405 g/mol. The lowest BCUT2D eigenvalue weighted by Crippen LogP contribution is -2.19. The number of para-hydroxylation sites is 1. The third kappa shape index (κ3) is 7.60. The molecule has 0 spiro atoms. The quantitative estimate of drug-likeness (QED) is 0.161. The number of aromatic nitrogens is 2. The van der Waals surface area contributed by atoms with Crippen molar-refractivity contribution >= 4 is 35.6 Å². The van der Waals surface area contributed by atoms with Crippen LogP contribution in [-0.2, 0) is 4.79 Å². The zero-order chi connectivity index (χ0) is 19.5. The number of hydrazone groups is 1. The number of hydrogen-bond donors (Lipinski definition) is 1. The first-order valence-corrected chi connectivity index (χ1v) is 10.7. The molecule has 0 aliphatic heterocycles. The van der Waals surface area contributed by atoms with Gasteiger partial charge in [0.25, 0.3) is 0 Å². The maximum absolute atomic E-state index is 12.0. The van der Waals surface area contributed by atoms with E-state index in [4.69, 9.17) is 4.74 Å². The third-order valence-electron chi connectivity index (χ3n) is 3.42. The van der Waals surface area contributed by atoms with Crippen molar-refractivity contribution in [1.82, 2.24) is 15.4 Å². The summed E-state index contributed by atoms with van der Waals surface area (Å²) < 4.78 is 5.24. The van der Waals surface area contributed by atoms with Crippen LogP contribution < -0.4 is 10.2 Å². The molecule has 2 rings (SSSR count). The number of nitrogens with one attached hydrogen (secondary N) is 1. The van der Waals surface area contributed by atoms with Gasteiger partial charge in [0.05, 0.1) is 19.1 Å². The second-order valence-electron chi connectivity index (χ2n) is 5.66. The summed E-state index contributed by atoms with van der Waals surface area (Å²) in [4.78, 5) is 21.0. The molecule has 0 radical (unpaired) electrons. The molecule has 0 saturated carbocycles. The van der Waals surface area contributed by atoms with Crippen LogP contribution in [0.2, 0.25) is 0 Å². The standard InChI is InChI=1S/C19H24N4O2S2/c1-4-5-10-26-19-21-14(2)11-18(22-19)27-13-17(24)23-20-12-15-8-6-7-9-16(15)25-3/h6-9,11-12H,4-5,10,13H2,1-3H3,(H,23,24). The van der Waals surface area contributed by atoms with Crippen molar-refractivity contribution in [3.8, 4) is 5.75 Å². The van der Waals surface area contributed by atoms with Crippen LogP contribution in [0.15, 0.2) is 45.6 Å². The first-order valence-electron chi connectivity index (χ1n) is 8.68. The van der Waals surface area contributed by atoms with E-state index >= 15 is 0 Å². The van der Waals surface area contributed by atoms with Crippen LogP contribution in [0.3, 0.4) is 0 Å². The van der Waals surface area contributed by atoms with Crippen molar-refractivity contribution in [2.24, 2.45) is 5.10 Å². The molecule has 144 valence electrons. The third-order valence-corrected chi connectivity index (χ3v) is 5.27. The van der Waals surface area contributed by atoms with Crippen LogP contribution in [0.1, 0.15) is 31.0 Å². The molecule has 1 N–H and O–H groups in total. The number of aryl methyl sites for hydroxylation is 1. The highest BCUT2D eigenvalue weighted by Gasteiger charge is 2.07. The highest BCUT2D eigenvalue weighted by Crippen LogP contribution is 2.21. The summed E-state index contributed by atoms with van der Waals surface area (Å²) in [6, 6.07) is 9.36. The van der Waals surface area contributed by atoms with Gasteiger partial charge in [-0.2, -0.15) is 5.10 Å². The van der Waals surface area contributed by atoms with E-state index in [0.717, 1.165) is 40.0 Å². The van der Waals surface area contributed by atoms with Crippen LogP contribution in [0.4, 0.5) is 0 Å². The normalized spacial score (nSPS) is 10.9. The van der Waals surface area contributed by atoms with Gasteiger partial charge in [-0.1, -0.05) is 49.0 Å². The molecule has 2 aromatic rings. The van der Waals surface area contributed by atoms with Crippen molar-refractivity contribution in [1.29, 1.82) is 0 Å². The molecular weight excluding hydrogens is 380 g/mol. The Morgan fingerprint density at radius 1 is 1.30 bits per heavy atom. The average Bonchev–Trinajstić information content (AvgIpc) is 2.66. The fraction of sp³-hybridized carbons (Fsp3) is 0.368. The van der Waals surface area contributed by atoms with Gasteiger partial charge >= 0.3 is 0 Å². The first-order chi connectivity index (χ1) is 13.1. The highest BCUT2D eigenvalue weighted by atomic mass is 32.2. The summed E-state index contributed by atoms with van der Waals surface area (Å²) in [6.07, 6.45) is 3.85. The summed E-state index contributed by atoms with van der Waals surface area (Å²) in [7, 11) is 1.60. The topological polar surface area (TPSA) is 76.5 Å². The molecule has 1 aromatic carbocycles. The van der Waals surface area contributed by atoms with Crippen molar-refractivity contribution < 1.29 is 9.53 Å². The number of unbranched alkanes of at least 4 members (excludes halogenated alkanes) is 1. The van der Waals surface area contributed by atoms with Gasteiger partial charge in [-0.25, -0.2) is 15.4 Å². The maximum Gasteiger partial charge on any atom is 0.250 e. The molecule has 0 aliphatic rings. The minimum Gasteiger partial charge on any atom is -0.496 e. The molecule has 0 unspecified atom stereocenters. The number of carbonyl (C=O) groups excluding carboxylic acids is 1. The highest BCUT2D eigenvalue weighted by molar-refractivity contribution is 8.00. The Labute approximate surface area is 168 Å². The summed E-state index contributed by atoms with van der Waals surface area (Å²) in [5, 5.41) is 5.55. The molecule has 0 fully saturated rings. The predicted molar refractivity (Wildman–Crippen MR) is 112 cm³/mol. The number of amides is 1. The summed E-state index contributed by atoms with van der Waals surface area (Å²) in [5.41, 5.74) is 4.23. The molecule has 0 saturated heterocycles. The number of methoxy groups -OCH3 is 1. The Balaban J connectivity index is 1.85. The number of nitrogens with zero attached hydrogens (tertiary/aromatic N) is 3. The largest absolute Gasteiger partial charge is 0.496 e. The van der Waals surface area contributed by atoms with Crippen LogP contribution >= 0.6 is 23.5 Å². The minimum absolute atomic E-state index is 0.192. The van der Waals surface area contributed by atoms with Crippen molar-refractivity contribution in [2.45, 2.75) is 36.9 Å². The zero-order valence-electron chi connectivity index (χ0n) is 15.8. The lowest BCUT2D eigenvalue weighted by Gasteiger charge is -2.05. The van der Waals surface area contributed by atoms with Crippen molar-refractivity contribution in [3.63, 3.8) is 0 Å². The molecule has 0 aliphatic carbocycles. The van der Waals surface area contributed by atoms with Crippen molar-refractivity contribution in [3.05, 3.63) is 41.6 Å². The van der Waals surface area contributed by atoms with Gasteiger partial charge in [-0.05, 0) is 31.5 Å². The van der Waals surface area contributed by atoms with E-state index in [1.165, 1.54) is 11.8 Å². The predicted octanol–water partition coefficient (Wildman–Crippen LogP) is 3.93. The number of hydrogen-bond acceptors (Lipinski definition) is 7. The Kier molecular flexibility index (Phi) is 9.13. The molecule has 8 heteroatoms. The van der Waals surface area contributed by atoms with E-state index in [9.17, 15) is 4.79 Å². The molecule has 6 nitrogen and oxygen atoms in total. The fourth-order valence-corrected chi connectivity index (χ4v) is 3.87. The van der Waals surface area contributed by atoms with Gasteiger partial charge in [-0.3, -0.25) is 4.79 Å². The minimum atomic E-state index is -0.192. The molecule has 1 heterocycles. The second-order valence-corrected chi connectivity index (χ2v) is 7.71.